The van der Waals surface area contributed by atoms with Crippen molar-refractivity contribution in [3.63, 3.8) is 0 Å². The van der Waals surface area contributed by atoms with E-state index in [-0.39, 0.29) is 0 Å². The molecule has 0 unspecified atom stereocenters. The largest absolute Gasteiger partial charge is 0.495 e. The monoisotopic (exact) mass is 490 g/mol. The standard InChI is InChI=1S/C29H42N6O/c1-3-13-33-19-11-24(12-20-33)30-28-25-22-27(36-2)23(10-4-5-14-34-15-6-7-16-34)21-26(25)31-29(32-28)35-17-8-9-18-35/h21-22,24H,3,5-9,11-20H2,1-2H3,(H,30,31,32). The van der Waals surface area contributed by atoms with Gasteiger partial charge in [0, 0.05) is 50.6 Å². The van der Waals surface area contributed by atoms with Crippen LogP contribution in [0.2, 0.25) is 0 Å². The summed E-state index contributed by atoms with van der Waals surface area (Å²) in [5, 5.41) is 4.82. The molecule has 1 N–H and O–H groups in total. The number of nitrogens with one attached hydrogen (secondary N) is 1. The minimum atomic E-state index is 0.429. The van der Waals surface area contributed by atoms with Gasteiger partial charge in [-0.25, -0.2) is 4.98 Å². The maximum absolute atomic E-state index is 5.79. The van der Waals surface area contributed by atoms with Gasteiger partial charge in [-0.05, 0) is 76.7 Å². The van der Waals surface area contributed by atoms with Crippen molar-refractivity contribution in [2.75, 3.05) is 69.7 Å². The van der Waals surface area contributed by atoms with Crippen molar-refractivity contribution in [1.82, 2.24) is 19.8 Å². The molecule has 3 aliphatic heterocycles. The Hall–Kier alpha value is -2.56. The average molecular weight is 491 g/mol. The lowest BCUT2D eigenvalue weighted by molar-refractivity contribution is 0.219. The van der Waals surface area contributed by atoms with Crippen molar-refractivity contribution in [1.29, 1.82) is 0 Å². The molecule has 0 aliphatic carbocycles. The van der Waals surface area contributed by atoms with Crippen molar-refractivity contribution in [3.8, 4) is 17.6 Å². The van der Waals surface area contributed by atoms with E-state index in [0.29, 0.717) is 6.04 Å². The molecule has 4 heterocycles. The van der Waals surface area contributed by atoms with E-state index in [2.05, 4.69) is 50.9 Å². The molecule has 3 aliphatic rings. The van der Waals surface area contributed by atoms with E-state index in [1.165, 1.54) is 51.7 Å². The summed E-state index contributed by atoms with van der Waals surface area (Å²) in [5.74, 6) is 9.34. The van der Waals surface area contributed by atoms with Crippen LogP contribution in [0.5, 0.6) is 5.75 Å². The normalized spacial score (nSPS) is 19.6. The van der Waals surface area contributed by atoms with E-state index in [0.717, 1.165) is 86.0 Å². The number of hydrogen-bond acceptors (Lipinski definition) is 7. The van der Waals surface area contributed by atoms with Crippen LogP contribution < -0.4 is 15.0 Å². The van der Waals surface area contributed by atoms with E-state index < -0.39 is 0 Å². The van der Waals surface area contributed by atoms with Crippen LogP contribution in [0.15, 0.2) is 12.1 Å². The zero-order valence-electron chi connectivity index (χ0n) is 22.2. The Kier molecular flexibility index (Phi) is 8.45. The molecule has 5 rings (SSSR count). The predicted octanol–water partition coefficient (Wildman–Crippen LogP) is 4.36. The number of nitrogens with zero attached hydrogens (tertiary/aromatic N) is 5. The van der Waals surface area contributed by atoms with Gasteiger partial charge in [-0.3, -0.25) is 0 Å². The molecule has 0 atom stereocenters. The quantitative estimate of drug-likeness (QED) is 0.552. The van der Waals surface area contributed by atoms with Crippen molar-refractivity contribution in [2.45, 2.75) is 64.3 Å². The highest BCUT2D eigenvalue weighted by atomic mass is 16.5. The lowest BCUT2D eigenvalue weighted by Gasteiger charge is -2.32. The first kappa shape index (κ1) is 25.1. The molecule has 0 saturated carbocycles. The number of aromatic nitrogens is 2. The summed E-state index contributed by atoms with van der Waals surface area (Å²) in [7, 11) is 1.73. The van der Waals surface area contributed by atoms with Gasteiger partial charge >= 0.3 is 0 Å². The van der Waals surface area contributed by atoms with Crippen LogP contribution in [0.1, 0.15) is 63.9 Å². The molecule has 3 fully saturated rings. The molecule has 7 nitrogen and oxygen atoms in total. The van der Waals surface area contributed by atoms with E-state index in [1.807, 2.05) is 0 Å². The van der Waals surface area contributed by atoms with Gasteiger partial charge in [0.15, 0.2) is 0 Å². The summed E-state index contributed by atoms with van der Waals surface area (Å²) in [6.07, 6.45) is 9.43. The van der Waals surface area contributed by atoms with Crippen molar-refractivity contribution < 1.29 is 4.74 Å². The highest BCUT2D eigenvalue weighted by Crippen LogP contribution is 2.32. The van der Waals surface area contributed by atoms with Crippen molar-refractivity contribution in [2.24, 2.45) is 0 Å². The Bertz CT molecular complexity index is 1070. The highest BCUT2D eigenvalue weighted by Gasteiger charge is 2.23. The second-order valence-electron chi connectivity index (χ2n) is 10.5. The summed E-state index contributed by atoms with van der Waals surface area (Å²) < 4.78 is 5.79. The lowest BCUT2D eigenvalue weighted by atomic mass is 10.0. The fourth-order valence-corrected chi connectivity index (χ4v) is 5.77. The van der Waals surface area contributed by atoms with Gasteiger partial charge in [-0.1, -0.05) is 18.8 Å². The van der Waals surface area contributed by atoms with E-state index in [9.17, 15) is 0 Å². The van der Waals surface area contributed by atoms with Gasteiger partial charge in [0.05, 0.1) is 18.2 Å². The first-order chi connectivity index (χ1) is 17.7. The van der Waals surface area contributed by atoms with Crippen LogP contribution >= 0.6 is 0 Å². The van der Waals surface area contributed by atoms with Crippen LogP contribution in [0.4, 0.5) is 11.8 Å². The van der Waals surface area contributed by atoms with Gasteiger partial charge in [0.1, 0.15) is 11.6 Å². The first-order valence-corrected chi connectivity index (χ1v) is 14.1. The van der Waals surface area contributed by atoms with Gasteiger partial charge in [-0.2, -0.15) is 4.98 Å². The van der Waals surface area contributed by atoms with Crippen LogP contribution in [-0.2, 0) is 0 Å². The zero-order chi connectivity index (χ0) is 24.7. The summed E-state index contributed by atoms with van der Waals surface area (Å²) in [6.45, 7) is 11.3. The molecular weight excluding hydrogens is 448 g/mol. The molecule has 7 heteroatoms. The Balaban J connectivity index is 1.41. The van der Waals surface area contributed by atoms with Crippen LogP contribution in [0.3, 0.4) is 0 Å². The number of methoxy groups -OCH3 is 1. The van der Waals surface area contributed by atoms with Crippen molar-refractivity contribution in [3.05, 3.63) is 17.7 Å². The second-order valence-corrected chi connectivity index (χ2v) is 10.5. The number of likely N-dealkylation sites (tertiary alicyclic amines) is 2. The maximum Gasteiger partial charge on any atom is 0.227 e. The van der Waals surface area contributed by atoms with Crippen LogP contribution in [-0.4, -0.2) is 85.3 Å². The van der Waals surface area contributed by atoms with Gasteiger partial charge < -0.3 is 24.8 Å². The number of piperidine rings is 1. The molecule has 2 aromatic rings. The number of fused-ring (bicyclic) bond motifs is 1. The molecule has 0 bridgehead atoms. The van der Waals surface area contributed by atoms with E-state index >= 15 is 0 Å². The Morgan fingerprint density at radius 2 is 1.67 bits per heavy atom. The molecule has 194 valence electrons. The zero-order valence-corrected chi connectivity index (χ0v) is 22.2. The van der Waals surface area contributed by atoms with Crippen molar-refractivity contribution >= 4 is 22.7 Å². The highest BCUT2D eigenvalue weighted by molar-refractivity contribution is 5.93. The molecule has 0 radical (unpaired) electrons. The topological polar surface area (TPSA) is 56.8 Å². The molecule has 0 spiro atoms. The van der Waals surface area contributed by atoms with E-state index in [4.69, 9.17) is 14.7 Å². The number of rotatable bonds is 8. The third kappa shape index (κ3) is 6.04. The Morgan fingerprint density at radius 3 is 2.39 bits per heavy atom. The Morgan fingerprint density at radius 1 is 0.944 bits per heavy atom. The SMILES string of the molecule is CCCN1CCC(Nc2nc(N3CCCC3)nc3cc(C#CCCN4CCCC4)c(OC)cc23)CC1. The average Bonchev–Trinajstić information content (AvgIpc) is 3.62. The summed E-state index contributed by atoms with van der Waals surface area (Å²) in [5.41, 5.74) is 1.86. The maximum atomic E-state index is 5.79. The third-order valence-corrected chi connectivity index (χ3v) is 7.84. The van der Waals surface area contributed by atoms with Gasteiger partial charge in [-0.15, -0.1) is 0 Å². The number of hydrogen-bond donors (Lipinski definition) is 1. The predicted molar refractivity (Wildman–Crippen MR) is 148 cm³/mol. The summed E-state index contributed by atoms with van der Waals surface area (Å²) in [4.78, 5) is 17.5. The molecule has 0 amide bonds. The van der Waals surface area contributed by atoms with Crippen LogP contribution in [0.25, 0.3) is 10.9 Å². The minimum absolute atomic E-state index is 0.429. The molecule has 1 aromatic carbocycles. The second kappa shape index (κ2) is 12.1. The molecular formula is C29H42N6O. The summed E-state index contributed by atoms with van der Waals surface area (Å²) >= 11 is 0. The van der Waals surface area contributed by atoms with Crippen LogP contribution in [0, 0.1) is 11.8 Å². The number of ether oxygens (including phenoxy) is 1. The summed E-state index contributed by atoms with van der Waals surface area (Å²) in [6, 6.07) is 4.62. The van der Waals surface area contributed by atoms with E-state index in [1.54, 1.807) is 7.11 Å². The molecule has 3 saturated heterocycles. The van der Waals surface area contributed by atoms with Gasteiger partial charge in [0.2, 0.25) is 5.95 Å². The number of benzene rings is 1. The van der Waals surface area contributed by atoms with Gasteiger partial charge in [0.25, 0.3) is 0 Å². The lowest BCUT2D eigenvalue weighted by Crippen LogP contribution is -2.39. The first-order valence-electron chi connectivity index (χ1n) is 14.1. The number of anilines is 2. The molecule has 1 aromatic heterocycles. The fraction of sp³-hybridized carbons (Fsp3) is 0.655. The smallest absolute Gasteiger partial charge is 0.227 e. The Labute approximate surface area is 216 Å². The third-order valence-electron chi connectivity index (χ3n) is 7.84. The minimum Gasteiger partial charge on any atom is -0.495 e. The fourth-order valence-electron chi connectivity index (χ4n) is 5.77. The molecule has 36 heavy (non-hydrogen) atoms.